The lowest BCUT2D eigenvalue weighted by Crippen LogP contribution is -2.41. The van der Waals surface area contributed by atoms with E-state index >= 15 is 0 Å². The molecule has 0 unspecified atom stereocenters. The van der Waals surface area contributed by atoms with Crippen LogP contribution in [0, 0.1) is 0 Å². The maximum Gasteiger partial charge on any atom is 0.387 e. The van der Waals surface area contributed by atoms with Gasteiger partial charge < -0.3 is 4.74 Å². The van der Waals surface area contributed by atoms with Crippen LogP contribution in [0.5, 0.6) is 5.75 Å². The highest BCUT2D eigenvalue weighted by Gasteiger charge is 2.24. The molecule has 0 spiro atoms. The monoisotopic (exact) mass is 322 g/mol. The topological polar surface area (TPSA) is 49.9 Å². The summed E-state index contributed by atoms with van der Waals surface area (Å²) in [6.45, 7) is 1.61. The summed E-state index contributed by atoms with van der Waals surface area (Å²) in [5, 5.41) is 0. The third-order valence-corrected chi connectivity index (χ3v) is 5.07. The molecular weight excluding hydrogens is 302 g/mol. The van der Waals surface area contributed by atoms with E-state index in [1.54, 1.807) is 26.0 Å². The summed E-state index contributed by atoms with van der Waals surface area (Å²) >= 11 is 0. The summed E-state index contributed by atoms with van der Waals surface area (Å²) in [6.07, 6.45) is 0. The van der Waals surface area contributed by atoms with Crippen LogP contribution in [0.2, 0.25) is 0 Å². The Morgan fingerprint density at radius 1 is 1.14 bits per heavy atom. The number of hydrogen-bond acceptors (Lipinski definition) is 3. The number of ether oxygens (including phenoxy) is 1. The van der Waals surface area contributed by atoms with E-state index < -0.39 is 16.8 Å². The van der Waals surface area contributed by atoms with Gasteiger partial charge >= 0.3 is 6.61 Å². The summed E-state index contributed by atoms with van der Waals surface area (Å²) in [5.74, 6) is 0.0444. The number of nitrogens with zero attached hydrogens (tertiary/aromatic N) is 2. The zero-order valence-electron chi connectivity index (χ0n) is 12.3. The van der Waals surface area contributed by atoms with E-state index in [4.69, 9.17) is 0 Å². The molecule has 0 aliphatic heterocycles. The van der Waals surface area contributed by atoms with Gasteiger partial charge in [-0.3, -0.25) is 0 Å². The van der Waals surface area contributed by atoms with Crippen molar-refractivity contribution in [1.82, 2.24) is 8.61 Å². The van der Waals surface area contributed by atoms with Crippen molar-refractivity contribution in [2.75, 3.05) is 20.1 Å². The zero-order chi connectivity index (χ0) is 16.0. The Morgan fingerprint density at radius 2 is 1.67 bits per heavy atom. The molecule has 0 atom stereocenters. The van der Waals surface area contributed by atoms with E-state index in [9.17, 15) is 17.2 Å². The molecule has 120 valence electrons. The second-order valence-electron chi connectivity index (χ2n) is 4.37. The second-order valence-corrected chi connectivity index (χ2v) is 6.41. The standard InChI is InChI=1S/C13H20F2N2O3S/c1-4-17(5-2)21(18,19)16(3)10-11-6-8-12(9-7-11)20-13(14)15/h6-9,13H,4-5,10H2,1-3H3. The highest BCUT2D eigenvalue weighted by atomic mass is 32.2. The van der Waals surface area contributed by atoms with Crippen molar-refractivity contribution >= 4 is 10.2 Å². The minimum absolute atomic E-state index is 0.0444. The summed E-state index contributed by atoms with van der Waals surface area (Å²) in [5.41, 5.74) is 0.690. The van der Waals surface area contributed by atoms with Gasteiger partial charge in [-0.25, -0.2) is 0 Å². The minimum Gasteiger partial charge on any atom is -0.435 e. The Hall–Kier alpha value is -1.25. The fourth-order valence-corrected chi connectivity index (χ4v) is 3.22. The first-order chi connectivity index (χ1) is 9.81. The lowest BCUT2D eigenvalue weighted by Gasteiger charge is -2.25. The molecule has 5 nitrogen and oxygen atoms in total. The number of benzene rings is 1. The fourth-order valence-electron chi connectivity index (χ4n) is 1.86. The molecule has 0 radical (unpaired) electrons. The van der Waals surface area contributed by atoms with Crippen LogP contribution < -0.4 is 4.74 Å². The Morgan fingerprint density at radius 3 is 2.10 bits per heavy atom. The lowest BCUT2D eigenvalue weighted by atomic mass is 10.2. The maximum atomic E-state index is 12.2. The molecule has 0 aliphatic rings. The van der Waals surface area contributed by atoms with Gasteiger partial charge in [-0.05, 0) is 17.7 Å². The van der Waals surface area contributed by atoms with Crippen LogP contribution in [0.15, 0.2) is 24.3 Å². The maximum absolute atomic E-state index is 12.2. The van der Waals surface area contributed by atoms with Gasteiger partial charge in [0, 0.05) is 26.7 Å². The van der Waals surface area contributed by atoms with Crippen molar-refractivity contribution in [3.8, 4) is 5.75 Å². The molecule has 1 aromatic rings. The van der Waals surface area contributed by atoms with E-state index in [2.05, 4.69) is 4.74 Å². The number of rotatable bonds is 8. The molecule has 1 aromatic carbocycles. The molecule has 21 heavy (non-hydrogen) atoms. The van der Waals surface area contributed by atoms with Crippen LogP contribution in [-0.4, -0.2) is 43.8 Å². The van der Waals surface area contributed by atoms with Crippen molar-refractivity contribution in [2.45, 2.75) is 27.0 Å². The van der Waals surface area contributed by atoms with Crippen LogP contribution in [0.1, 0.15) is 19.4 Å². The average molecular weight is 322 g/mol. The molecule has 0 saturated carbocycles. The minimum atomic E-state index is -3.51. The van der Waals surface area contributed by atoms with E-state index in [0.29, 0.717) is 18.7 Å². The molecule has 0 bridgehead atoms. The van der Waals surface area contributed by atoms with Crippen molar-refractivity contribution in [3.05, 3.63) is 29.8 Å². The molecule has 0 aromatic heterocycles. The molecule has 0 amide bonds. The van der Waals surface area contributed by atoms with Gasteiger partial charge in [0.25, 0.3) is 10.2 Å². The van der Waals surface area contributed by atoms with Gasteiger partial charge in [0.05, 0.1) is 0 Å². The Kier molecular flexibility index (Phi) is 6.50. The molecular formula is C13H20F2N2O3S. The first kappa shape index (κ1) is 17.8. The van der Waals surface area contributed by atoms with Crippen molar-refractivity contribution in [3.63, 3.8) is 0 Å². The largest absolute Gasteiger partial charge is 0.435 e. The normalized spacial score (nSPS) is 12.4. The van der Waals surface area contributed by atoms with Gasteiger partial charge in [0.1, 0.15) is 5.75 Å². The van der Waals surface area contributed by atoms with Crippen LogP contribution in [-0.2, 0) is 16.8 Å². The third kappa shape index (κ3) is 4.90. The van der Waals surface area contributed by atoms with Crippen molar-refractivity contribution < 1.29 is 21.9 Å². The predicted molar refractivity (Wildman–Crippen MR) is 76.4 cm³/mol. The molecule has 0 aliphatic carbocycles. The number of halogens is 2. The smallest absolute Gasteiger partial charge is 0.387 e. The highest BCUT2D eigenvalue weighted by Crippen LogP contribution is 2.17. The number of hydrogen-bond donors (Lipinski definition) is 0. The molecule has 0 N–H and O–H groups in total. The van der Waals surface area contributed by atoms with Gasteiger partial charge in [-0.15, -0.1) is 0 Å². The van der Waals surface area contributed by atoms with E-state index in [1.165, 1.54) is 27.8 Å². The first-order valence-electron chi connectivity index (χ1n) is 6.56. The lowest BCUT2D eigenvalue weighted by molar-refractivity contribution is -0.0498. The SMILES string of the molecule is CCN(CC)S(=O)(=O)N(C)Cc1ccc(OC(F)F)cc1. The van der Waals surface area contributed by atoms with Crippen LogP contribution >= 0.6 is 0 Å². The molecule has 1 rings (SSSR count). The van der Waals surface area contributed by atoms with E-state index in [-0.39, 0.29) is 12.3 Å². The predicted octanol–water partition coefficient (Wildman–Crippen LogP) is 2.31. The summed E-state index contributed by atoms with van der Waals surface area (Å²) in [7, 11) is -2.03. The van der Waals surface area contributed by atoms with Crippen LogP contribution in [0.4, 0.5) is 8.78 Å². The molecule has 8 heteroatoms. The summed E-state index contributed by atoms with van der Waals surface area (Å²) < 4.78 is 55.4. The molecule has 0 fully saturated rings. The Balaban J connectivity index is 2.76. The van der Waals surface area contributed by atoms with Crippen LogP contribution in [0.25, 0.3) is 0 Å². The van der Waals surface area contributed by atoms with E-state index in [1.807, 2.05) is 0 Å². The molecule has 0 heterocycles. The van der Waals surface area contributed by atoms with Crippen LogP contribution in [0.3, 0.4) is 0 Å². The Labute approximate surface area is 124 Å². The molecule has 0 saturated heterocycles. The first-order valence-corrected chi connectivity index (χ1v) is 7.96. The quantitative estimate of drug-likeness (QED) is 0.738. The third-order valence-electron chi connectivity index (χ3n) is 2.98. The summed E-state index contributed by atoms with van der Waals surface area (Å²) in [6, 6.07) is 5.90. The summed E-state index contributed by atoms with van der Waals surface area (Å²) in [4.78, 5) is 0. The van der Waals surface area contributed by atoms with E-state index in [0.717, 1.165) is 0 Å². The van der Waals surface area contributed by atoms with Crippen molar-refractivity contribution in [2.24, 2.45) is 0 Å². The van der Waals surface area contributed by atoms with Gasteiger partial charge in [0.15, 0.2) is 0 Å². The van der Waals surface area contributed by atoms with Gasteiger partial charge in [-0.2, -0.15) is 25.8 Å². The fraction of sp³-hybridized carbons (Fsp3) is 0.538. The van der Waals surface area contributed by atoms with Gasteiger partial charge in [0.2, 0.25) is 0 Å². The van der Waals surface area contributed by atoms with Crippen molar-refractivity contribution in [1.29, 1.82) is 0 Å². The zero-order valence-corrected chi connectivity index (χ0v) is 13.1. The highest BCUT2D eigenvalue weighted by molar-refractivity contribution is 7.86. The second kappa shape index (κ2) is 7.67. The average Bonchev–Trinajstić information content (AvgIpc) is 2.41. The number of alkyl halides is 2. The van der Waals surface area contributed by atoms with Gasteiger partial charge in [-0.1, -0.05) is 26.0 Å². The Bertz CT molecular complexity index is 531.